The van der Waals surface area contributed by atoms with Crippen LogP contribution in [0.3, 0.4) is 0 Å². The number of hydrogen-bond acceptors (Lipinski definition) is 1. The van der Waals surface area contributed by atoms with E-state index in [9.17, 15) is 0 Å². The number of furan rings is 1. The highest BCUT2D eigenvalue weighted by molar-refractivity contribution is 6.31. The molecule has 0 N–H and O–H groups in total. The van der Waals surface area contributed by atoms with Crippen molar-refractivity contribution in [1.29, 1.82) is 0 Å². The largest absolute Gasteiger partial charge is 0.466 e. The van der Waals surface area contributed by atoms with E-state index >= 15 is 0 Å². The molecular weight excluding hydrogens is 208 g/mol. The Labute approximate surface area is 94.7 Å². The van der Waals surface area contributed by atoms with Gasteiger partial charge in [0, 0.05) is 10.9 Å². The Balaban J connectivity index is 2.36. The minimum Gasteiger partial charge on any atom is -0.466 e. The normalized spacial score (nSPS) is 12.7. The second-order valence-electron chi connectivity index (χ2n) is 3.69. The monoisotopic (exact) mass is 220 g/mol. The summed E-state index contributed by atoms with van der Waals surface area (Å²) >= 11 is 6.13. The lowest BCUT2D eigenvalue weighted by Crippen LogP contribution is -1.94. The van der Waals surface area contributed by atoms with Gasteiger partial charge in [-0.05, 0) is 30.7 Å². The summed E-state index contributed by atoms with van der Waals surface area (Å²) in [6.07, 6.45) is 0. The number of benzene rings is 1. The molecule has 0 spiro atoms. The van der Waals surface area contributed by atoms with Gasteiger partial charge in [-0.2, -0.15) is 0 Å². The number of hydrogen-bond donors (Lipinski definition) is 0. The van der Waals surface area contributed by atoms with E-state index in [1.54, 1.807) is 0 Å². The lowest BCUT2D eigenvalue weighted by atomic mass is 9.99. The maximum atomic E-state index is 6.13. The summed E-state index contributed by atoms with van der Waals surface area (Å²) in [5.74, 6) is 2.09. The van der Waals surface area contributed by atoms with Crippen LogP contribution in [0.4, 0.5) is 0 Å². The topological polar surface area (TPSA) is 13.1 Å². The second kappa shape index (κ2) is 4.11. The van der Waals surface area contributed by atoms with Crippen LogP contribution in [-0.4, -0.2) is 0 Å². The zero-order valence-corrected chi connectivity index (χ0v) is 9.58. The SMILES string of the molecule is Cc1ccc(C(C)c2ccccc2Cl)o1. The molecule has 1 heterocycles. The Morgan fingerprint density at radius 2 is 1.87 bits per heavy atom. The zero-order chi connectivity index (χ0) is 10.8. The summed E-state index contributed by atoms with van der Waals surface area (Å²) in [5.41, 5.74) is 1.11. The zero-order valence-electron chi connectivity index (χ0n) is 8.83. The highest BCUT2D eigenvalue weighted by atomic mass is 35.5. The Hall–Kier alpha value is -1.21. The summed E-state index contributed by atoms with van der Waals surface area (Å²) in [5, 5.41) is 0.791. The third-order valence-electron chi connectivity index (χ3n) is 2.56. The van der Waals surface area contributed by atoms with Crippen molar-refractivity contribution in [3.63, 3.8) is 0 Å². The minimum absolute atomic E-state index is 0.201. The Morgan fingerprint density at radius 3 is 2.47 bits per heavy atom. The van der Waals surface area contributed by atoms with Crippen molar-refractivity contribution in [3.05, 3.63) is 58.5 Å². The molecule has 0 fully saturated rings. The van der Waals surface area contributed by atoms with E-state index in [0.717, 1.165) is 22.1 Å². The van der Waals surface area contributed by atoms with Crippen molar-refractivity contribution in [2.45, 2.75) is 19.8 Å². The number of rotatable bonds is 2. The molecular formula is C13H13ClO. The van der Waals surface area contributed by atoms with Gasteiger partial charge < -0.3 is 4.42 Å². The van der Waals surface area contributed by atoms with Gasteiger partial charge >= 0.3 is 0 Å². The van der Waals surface area contributed by atoms with Gasteiger partial charge in [0.25, 0.3) is 0 Å². The van der Waals surface area contributed by atoms with Crippen molar-refractivity contribution in [3.8, 4) is 0 Å². The van der Waals surface area contributed by atoms with Gasteiger partial charge in [-0.3, -0.25) is 0 Å². The molecule has 1 aromatic heterocycles. The van der Waals surface area contributed by atoms with Crippen molar-refractivity contribution >= 4 is 11.6 Å². The molecule has 1 aromatic carbocycles. The molecule has 1 atom stereocenters. The fourth-order valence-corrected chi connectivity index (χ4v) is 1.97. The third kappa shape index (κ3) is 2.07. The van der Waals surface area contributed by atoms with Gasteiger partial charge in [0.2, 0.25) is 0 Å². The average molecular weight is 221 g/mol. The quantitative estimate of drug-likeness (QED) is 0.732. The van der Waals surface area contributed by atoms with E-state index < -0.39 is 0 Å². The lowest BCUT2D eigenvalue weighted by Gasteiger charge is -2.10. The van der Waals surface area contributed by atoms with Gasteiger partial charge in [-0.1, -0.05) is 36.7 Å². The molecule has 0 saturated heterocycles. The highest BCUT2D eigenvalue weighted by Gasteiger charge is 2.14. The summed E-state index contributed by atoms with van der Waals surface area (Å²) in [6.45, 7) is 4.04. The van der Waals surface area contributed by atoms with E-state index in [1.165, 1.54) is 0 Å². The van der Waals surface area contributed by atoms with Crippen LogP contribution >= 0.6 is 11.6 Å². The van der Waals surface area contributed by atoms with E-state index in [1.807, 2.05) is 43.3 Å². The number of aryl methyl sites for hydroxylation is 1. The van der Waals surface area contributed by atoms with Gasteiger partial charge in [0.05, 0.1) is 0 Å². The fraction of sp³-hybridized carbons (Fsp3) is 0.231. The van der Waals surface area contributed by atoms with Crippen molar-refractivity contribution < 1.29 is 4.42 Å². The first-order valence-electron chi connectivity index (χ1n) is 4.99. The maximum absolute atomic E-state index is 6.13. The molecule has 1 nitrogen and oxygen atoms in total. The molecule has 1 unspecified atom stereocenters. The first kappa shape index (κ1) is 10.3. The molecule has 0 amide bonds. The van der Waals surface area contributed by atoms with Crippen LogP contribution in [0.2, 0.25) is 5.02 Å². The first-order chi connectivity index (χ1) is 7.18. The van der Waals surface area contributed by atoms with E-state index in [2.05, 4.69) is 6.92 Å². The van der Waals surface area contributed by atoms with Crippen LogP contribution in [0.15, 0.2) is 40.8 Å². The van der Waals surface area contributed by atoms with Gasteiger partial charge in [0.1, 0.15) is 11.5 Å². The molecule has 0 bridgehead atoms. The minimum atomic E-state index is 0.201. The number of halogens is 1. The fourth-order valence-electron chi connectivity index (χ4n) is 1.67. The molecule has 0 aliphatic rings. The summed E-state index contributed by atoms with van der Waals surface area (Å²) in [7, 11) is 0. The van der Waals surface area contributed by atoms with Gasteiger partial charge in [0.15, 0.2) is 0 Å². The van der Waals surface area contributed by atoms with Crippen LogP contribution in [0.5, 0.6) is 0 Å². The smallest absolute Gasteiger partial charge is 0.111 e. The van der Waals surface area contributed by atoms with E-state index in [-0.39, 0.29) is 5.92 Å². The predicted octanol–water partition coefficient (Wildman–Crippen LogP) is 4.39. The van der Waals surface area contributed by atoms with Crippen LogP contribution < -0.4 is 0 Å². The molecule has 15 heavy (non-hydrogen) atoms. The van der Waals surface area contributed by atoms with Gasteiger partial charge in [-0.15, -0.1) is 0 Å². The Kier molecular flexibility index (Phi) is 2.83. The Morgan fingerprint density at radius 1 is 1.13 bits per heavy atom. The maximum Gasteiger partial charge on any atom is 0.111 e. The predicted molar refractivity (Wildman–Crippen MR) is 62.4 cm³/mol. The van der Waals surface area contributed by atoms with Crippen molar-refractivity contribution in [2.24, 2.45) is 0 Å². The molecule has 0 aliphatic carbocycles. The van der Waals surface area contributed by atoms with Crippen LogP contribution in [0.1, 0.15) is 29.9 Å². The van der Waals surface area contributed by atoms with E-state index in [4.69, 9.17) is 16.0 Å². The van der Waals surface area contributed by atoms with Crippen LogP contribution in [0, 0.1) is 6.92 Å². The standard InChI is InChI=1S/C13H13ClO/c1-9-7-8-13(15-9)10(2)11-5-3-4-6-12(11)14/h3-8,10H,1-2H3. The molecule has 0 saturated carbocycles. The van der Waals surface area contributed by atoms with Crippen LogP contribution in [-0.2, 0) is 0 Å². The van der Waals surface area contributed by atoms with Crippen molar-refractivity contribution in [2.75, 3.05) is 0 Å². The molecule has 0 radical (unpaired) electrons. The van der Waals surface area contributed by atoms with Crippen molar-refractivity contribution in [1.82, 2.24) is 0 Å². The summed E-state index contributed by atoms with van der Waals surface area (Å²) < 4.78 is 5.60. The third-order valence-corrected chi connectivity index (χ3v) is 2.90. The lowest BCUT2D eigenvalue weighted by molar-refractivity contribution is 0.471. The molecule has 0 aliphatic heterocycles. The molecule has 2 aromatic rings. The molecule has 2 rings (SSSR count). The molecule has 2 heteroatoms. The van der Waals surface area contributed by atoms with E-state index in [0.29, 0.717) is 0 Å². The Bertz CT molecular complexity index is 459. The van der Waals surface area contributed by atoms with Gasteiger partial charge in [-0.25, -0.2) is 0 Å². The summed E-state index contributed by atoms with van der Waals surface area (Å²) in [6, 6.07) is 11.8. The first-order valence-corrected chi connectivity index (χ1v) is 5.37. The van der Waals surface area contributed by atoms with Crippen LogP contribution in [0.25, 0.3) is 0 Å². The molecule has 78 valence electrons. The summed E-state index contributed by atoms with van der Waals surface area (Å²) in [4.78, 5) is 0. The second-order valence-corrected chi connectivity index (χ2v) is 4.10. The highest BCUT2D eigenvalue weighted by Crippen LogP contribution is 2.30. The average Bonchev–Trinajstić information content (AvgIpc) is 2.65.